The van der Waals surface area contributed by atoms with Gasteiger partial charge in [-0.05, 0) is 36.2 Å². The van der Waals surface area contributed by atoms with Crippen molar-refractivity contribution in [1.82, 2.24) is 10.3 Å². The predicted molar refractivity (Wildman–Crippen MR) is 76.4 cm³/mol. The van der Waals surface area contributed by atoms with Crippen LogP contribution in [-0.2, 0) is 6.42 Å². The van der Waals surface area contributed by atoms with Gasteiger partial charge in [0.15, 0.2) is 0 Å². The molecule has 4 nitrogen and oxygen atoms in total. The van der Waals surface area contributed by atoms with Crippen molar-refractivity contribution in [3.8, 4) is 0 Å². The SMILES string of the molecule is O=C(NCCc1cccnc1)Nc1ccc(Cl)cc1F. The Hall–Kier alpha value is -2.14. The van der Waals surface area contributed by atoms with Crippen LogP contribution in [0.1, 0.15) is 5.56 Å². The number of hydrogen-bond acceptors (Lipinski definition) is 2. The molecule has 0 saturated carbocycles. The zero-order valence-corrected chi connectivity index (χ0v) is 11.3. The van der Waals surface area contributed by atoms with Gasteiger partial charge in [-0.15, -0.1) is 0 Å². The maximum absolute atomic E-state index is 13.5. The Morgan fingerprint density at radius 1 is 1.35 bits per heavy atom. The molecule has 0 bridgehead atoms. The molecular formula is C14H13ClFN3O. The minimum absolute atomic E-state index is 0.0910. The highest BCUT2D eigenvalue weighted by Gasteiger charge is 2.06. The van der Waals surface area contributed by atoms with E-state index in [9.17, 15) is 9.18 Å². The van der Waals surface area contributed by atoms with Crippen LogP contribution >= 0.6 is 11.6 Å². The number of amides is 2. The Kier molecular flexibility index (Phi) is 4.90. The molecule has 2 amide bonds. The largest absolute Gasteiger partial charge is 0.338 e. The molecule has 0 fully saturated rings. The van der Waals surface area contributed by atoms with Crippen LogP contribution in [0.3, 0.4) is 0 Å². The lowest BCUT2D eigenvalue weighted by Crippen LogP contribution is -2.30. The zero-order valence-electron chi connectivity index (χ0n) is 10.6. The van der Waals surface area contributed by atoms with Crippen molar-refractivity contribution in [2.75, 3.05) is 11.9 Å². The van der Waals surface area contributed by atoms with Crippen LogP contribution < -0.4 is 10.6 Å². The first-order chi connectivity index (χ1) is 9.65. The Morgan fingerprint density at radius 2 is 2.20 bits per heavy atom. The number of hydrogen-bond donors (Lipinski definition) is 2. The molecule has 0 saturated heterocycles. The van der Waals surface area contributed by atoms with Crippen molar-refractivity contribution in [3.05, 3.63) is 59.1 Å². The average Bonchev–Trinajstić information content (AvgIpc) is 2.43. The highest BCUT2D eigenvalue weighted by Crippen LogP contribution is 2.18. The number of urea groups is 1. The number of rotatable bonds is 4. The van der Waals surface area contributed by atoms with Crippen molar-refractivity contribution in [2.24, 2.45) is 0 Å². The van der Waals surface area contributed by atoms with E-state index in [1.54, 1.807) is 12.4 Å². The van der Waals surface area contributed by atoms with Gasteiger partial charge in [-0.25, -0.2) is 9.18 Å². The van der Waals surface area contributed by atoms with Gasteiger partial charge in [-0.1, -0.05) is 17.7 Å². The Balaban J connectivity index is 1.81. The van der Waals surface area contributed by atoms with E-state index in [1.807, 2.05) is 12.1 Å². The molecule has 0 unspecified atom stereocenters. The molecule has 2 rings (SSSR count). The molecule has 104 valence electrons. The number of aromatic nitrogens is 1. The van der Waals surface area contributed by atoms with Gasteiger partial charge in [0.05, 0.1) is 5.69 Å². The molecular weight excluding hydrogens is 281 g/mol. The summed E-state index contributed by atoms with van der Waals surface area (Å²) in [4.78, 5) is 15.6. The quantitative estimate of drug-likeness (QED) is 0.909. The summed E-state index contributed by atoms with van der Waals surface area (Å²) in [6.07, 6.45) is 4.08. The molecule has 0 aliphatic rings. The first kappa shape index (κ1) is 14.3. The van der Waals surface area contributed by atoms with Crippen LogP contribution in [0.15, 0.2) is 42.7 Å². The highest BCUT2D eigenvalue weighted by atomic mass is 35.5. The molecule has 1 heterocycles. The van der Waals surface area contributed by atoms with E-state index in [0.717, 1.165) is 11.6 Å². The second kappa shape index (κ2) is 6.86. The molecule has 0 aliphatic heterocycles. The lowest BCUT2D eigenvalue weighted by Gasteiger charge is -2.08. The van der Waals surface area contributed by atoms with E-state index >= 15 is 0 Å². The van der Waals surface area contributed by atoms with Gasteiger partial charge in [0.2, 0.25) is 0 Å². The minimum atomic E-state index is -0.570. The predicted octanol–water partition coefficient (Wildman–Crippen LogP) is 3.24. The van der Waals surface area contributed by atoms with Crippen molar-refractivity contribution in [2.45, 2.75) is 6.42 Å². The molecule has 1 aromatic carbocycles. The second-order valence-electron chi connectivity index (χ2n) is 4.12. The first-order valence-electron chi connectivity index (χ1n) is 6.04. The average molecular weight is 294 g/mol. The van der Waals surface area contributed by atoms with E-state index in [-0.39, 0.29) is 10.7 Å². The second-order valence-corrected chi connectivity index (χ2v) is 4.55. The Labute approximate surface area is 121 Å². The summed E-state index contributed by atoms with van der Waals surface area (Å²) < 4.78 is 13.5. The summed E-state index contributed by atoms with van der Waals surface area (Å²) in [6, 6.07) is 7.36. The zero-order chi connectivity index (χ0) is 14.4. The number of carbonyl (C=O) groups is 1. The minimum Gasteiger partial charge on any atom is -0.338 e. The van der Waals surface area contributed by atoms with E-state index in [0.29, 0.717) is 13.0 Å². The van der Waals surface area contributed by atoms with Crippen LogP contribution in [0.5, 0.6) is 0 Å². The van der Waals surface area contributed by atoms with Gasteiger partial charge < -0.3 is 10.6 Å². The van der Waals surface area contributed by atoms with Crippen molar-refractivity contribution >= 4 is 23.3 Å². The third-order valence-electron chi connectivity index (χ3n) is 2.60. The molecule has 0 radical (unpaired) electrons. The highest BCUT2D eigenvalue weighted by molar-refractivity contribution is 6.30. The molecule has 2 N–H and O–H groups in total. The summed E-state index contributed by atoms with van der Waals surface area (Å²) in [6.45, 7) is 0.437. The summed E-state index contributed by atoms with van der Waals surface area (Å²) in [5, 5.41) is 5.35. The summed E-state index contributed by atoms with van der Waals surface area (Å²) in [5.74, 6) is -0.570. The fourth-order valence-electron chi connectivity index (χ4n) is 1.62. The third kappa shape index (κ3) is 4.20. The van der Waals surface area contributed by atoms with Crippen LogP contribution in [-0.4, -0.2) is 17.6 Å². The summed E-state index contributed by atoms with van der Waals surface area (Å²) in [5.41, 5.74) is 1.11. The topological polar surface area (TPSA) is 54.0 Å². The lowest BCUT2D eigenvalue weighted by atomic mass is 10.2. The van der Waals surface area contributed by atoms with Gasteiger partial charge in [0, 0.05) is 24.0 Å². The summed E-state index contributed by atoms with van der Waals surface area (Å²) in [7, 11) is 0. The molecule has 6 heteroatoms. The standard InChI is InChI=1S/C14H13ClFN3O/c15-11-3-4-13(12(16)8-11)19-14(20)18-7-5-10-2-1-6-17-9-10/h1-4,6,8-9H,5,7H2,(H2,18,19,20). The van der Waals surface area contributed by atoms with Gasteiger partial charge in [0.1, 0.15) is 5.82 Å². The van der Waals surface area contributed by atoms with Gasteiger partial charge in [0.25, 0.3) is 0 Å². The Bertz CT molecular complexity index is 592. The van der Waals surface area contributed by atoms with E-state index in [1.165, 1.54) is 12.1 Å². The van der Waals surface area contributed by atoms with Crippen molar-refractivity contribution < 1.29 is 9.18 Å². The smallest absolute Gasteiger partial charge is 0.319 e. The van der Waals surface area contributed by atoms with Gasteiger partial charge in [-0.2, -0.15) is 0 Å². The molecule has 20 heavy (non-hydrogen) atoms. The number of nitrogens with zero attached hydrogens (tertiary/aromatic N) is 1. The number of carbonyl (C=O) groups excluding carboxylic acids is 1. The van der Waals surface area contributed by atoms with Crippen LogP contribution in [0.2, 0.25) is 5.02 Å². The molecule has 0 spiro atoms. The fourth-order valence-corrected chi connectivity index (χ4v) is 1.78. The lowest BCUT2D eigenvalue weighted by molar-refractivity contribution is 0.252. The normalized spacial score (nSPS) is 10.1. The van der Waals surface area contributed by atoms with E-state index in [2.05, 4.69) is 15.6 Å². The molecule has 1 aromatic heterocycles. The maximum Gasteiger partial charge on any atom is 0.319 e. The maximum atomic E-state index is 13.5. The summed E-state index contributed by atoms with van der Waals surface area (Å²) >= 11 is 5.63. The van der Waals surface area contributed by atoms with E-state index in [4.69, 9.17) is 11.6 Å². The van der Waals surface area contributed by atoms with Crippen LogP contribution in [0.4, 0.5) is 14.9 Å². The number of halogens is 2. The first-order valence-corrected chi connectivity index (χ1v) is 6.42. The fraction of sp³-hybridized carbons (Fsp3) is 0.143. The molecule has 2 aromatic rings. The monoisotopic (exact) mass is 293 g/mol. The van der Waals surface area contributed by atoms with Crippen molar-refractivity contribution in [1.29, 1.82) is 0 Å². The van der Waals surface area contributed by atoms with Crippen LogP contribution in [0, 0.1) is 5.82 Å². The molecule has 0 aliphatic carbocycles. The third-order valence-corrected chi connectivity index (χ3v) is 2.84. The van der Waals surface area contributed by atoms with E-state index < -0.39 is 11.8 Å². The van der Waals surface area contributed by atoms with Crippen LogP contribution in [0.25, 0.3) is 0 Å². The number of benzene rings is 1. The number of anilines is 1. The molecule has 0 atom stereocenters. The van der Waals surface area contributed by atoms with Gasteiger partial charge in [-0.3, -0.25) is 4.98 Å². The number of nitrogens with one attached hydrogen (secondary N) is 2. The number of pyridine rings is 1. The Morgan fingerprint density at radius 3 is 2.90 bits per heavy atom. The van der Waals surface area contributed by atoms with Crippen molar-refractivity contribution in [3.63, 3.8) is 0 Å². The van der Waals surface area contributed by atoms with Gasteiger partial charge >= 0.3 is 6.03 Å².